The largest absolute Gasteiger partial charge is 0.312 e. The molecule has 0 fully saturated rings. The smallest absolute Gasteiger partial charge is 0.103 e. The highest BCUT2D eigenvalue weighted by molar-refractivity contribution is 5.42. The van der Waals surface area contributed by atoms with Crippen molar-refractivity contribution in [1.82, 2.24) is 20.3 Å². The van der Waals surface area contributed by atoms with Gasteiger partial charge in [0, 0.05) is 0 Å². The molecule has 1 N–H and O–H groups in total. The topological polar surface area (TPSA) is 66.5 Å². The summed E-state index contributed by atoms with van der Waals surface area (Å²) in [6, 6.07) is 9.79. The van der Waals surface area contributed by atoms with Gasteiger partial charge in [-0.25, -0.2) is 4.68 Å². The van der Waals surface area contributed by atoms with Gasteiger partial charge in [-0.15, -0.1) is 5.10 Å². The highest BCUT2D eigenvalue weighted by atomic mass is 15.4. The van der Waals surface area contributed by atoms with Crippen molar-refractivity contribution in [3.63, 3.8) is 0 Å². The molecule has 1 unspecified atom stereocenters. The van der Waals surface area contributed by atoms with Crippen LogP contribution in [0.4, 0.5) is 0 Å². The summed E-state index contributed by atoms with van der Waals surface area (Å²) >= 11 is 0. The van der Waals surface area contributed by atoms with Crippen molar-refractivity contribution in [1.29, 1.82) is 5.26 Å². The Hall–Kier alpha value is -2.19. The van der Waals surface area contributed by atoms with Crippen LogP contribution in [0, 0.1) is 11.3 Å². The van der Waals surface area contributed by atoms with Crippen molar-refractivity contribution in [2.24, 2.45) is 0 Å². The van der Waals surface area contributed by atoms with Crippen LogP contribution in [0.1, 0.15) is 43.3 Å². The molecule has 5 heteroatoms. The minimum atomic E-state index is 0.206. The molecule has 0 aliphatic rings. The average molecular weight is 269 g/mol. The van der Waals surface area contributed by atoms with Crippen molar-refractivity contribution < 1.29 is 0 Å². The maximum absolute atomic E-state index is 9.00. The van der Waals surface area contributed by atoms with E-state index in [0.717, 1.165) is 29.9 Å². The van der Waals surface area contributed by atoms with Crippen molar-refractivity contribution >= 4 is 0 Å². The number of nitrogens with zero attached hydrogens (tertiary/aromatic N) is 4. The summed E-state index contributed by atoms with van der Waals surface area (Å²) < 4.78 is 1.83. The van der Waals surface area contributed by atoms with Gasteiger partial charge in [-0.1, -0.05) is 25.1 Å². The van der Waals surface area contributed by atoms with E-state index in [9.17, 15) is 0 Å². The molecule has 0 saturated carbocycles. The maximum Gasteiger partial charge on any atom is 0.103 e. The third kappa shape index (κ3) is 2.56. The molecule has 20 heavy (non-hydrogen) atoms. The average Bonchev–Trinajstić information content (AvgIpc) is 2.92. The number of aromatic nitrogens is 3. The predicted molar refractivity (Wildman–Crippen MR) is 77.5 cm³/mol. The molecule has 0 aliphatic heterocycles. The normalized spacial score (nSPS) is 12.1. The Morgan fingerprint density at radius 3 is 2.80 bits per heavy atom. The molecule has 2 rings (SSSR count). The van der Waals surface area contributed by atoms with Crippen LogP contribution >= 0.6 is 0 Å². The van der Waals surface area contributed by atoms with Crippen LogP contribution in [-0.2, 0) is 6.42 Å². The lowest BCUT2D eigenvalue weighted by Crippen LogP contribution is -2.17. The van der Waals surface area contributed by atoms with E-state index in [1.807, 2.05) is 29.9 Å². The van der Waals surface area contributed by atoms with E-state index in [4.69, 9.17) is 5.26 Å². The molecule has 1 atom stereocenters. The van der Waals surface area contributed by atoms with Crippen molar-refractivity contribution in [2.45, 2.75) is 32.7 Å². The molecule has 0 radical (unpaired) electrons. The molecule has 2 aromatic rings. The van der Waals surface area contributed by atoms with E-state index in [1.54, 1.807) is 6.07 Å². The van der Waals surface area contributed by atoms with E-state index in [-0.39, 0.29) is 6.04 Å². The molecule has 1 aromatic carbocycles. The Bertz CT molecular complexity index is 619. The van der Waals surface area contributed by atoms with Crippen LogP contribution in [0.15, 0.2) is 24.3 Å². The van der Waals surface area contributed by atoms with E-state index in [0.29, 0.717) is 5.56 Å². The Balaban J connectivity index is 2.50. The number of hydrogen-bond donors (Lipinski definition) is 1. The summed E-state index contributed by atoms with van der Waals surface area (Å²) in [6.45, 7) is 4.21. The first kappa shape index (κ1) is 14.2. The summed E-state index contributed by atoms with van der Waals surface area (Å²) in [7, 11) is 1.93. The van der Waals surface area contributed by atoms with Crippen LogP contribution in [0.5, 0.6) is 0 Å². The van der Waals surface area contributed by atoms with Crippen LogP contribution in [0.3, 0.4) is 0 Å². The lowest BCUT2D eigenvalue weighted by atomic mass is 10.1. The summed E-state index contributed by atoms with van der Waals surface area (Å²) in [5.41, 5.74) is 3.58. The maximum atomic E-state index is 9.00. The van der Waals surface area contributed by atoms with Gasteiger partial charge in [0.25, 0.3) is 0 Å². The van der Waals surface area contributed by atoms with E-state index in [2.05, 4.69) is 35.5 Å². The van der Waals surface area contributed by atoms with Gasteiger partial charge in [0.05, 0.1) is 29.1 Å². The fourth-order valence-electron chi connectivity index (χ4n) is 2.36. The zero-order chi connectivity index (χ0) is 14.5. The minimum absolute atomic E-state index is 0.206. The van der Waals surface area contributed by atoms with Gasteiger partial charge in [-0.2, -0.15) is 5.26 Å². The first-order chi connectivity index (χ1) is 9.74. The zero-order valence-electron chi connectivity index (χ0n) is 12.1. The van der Waals surface area contributed by atoms with Crippen molar-refractivity contribution in [2.75, 3.05) is 7.05 Å². The fourth-order valence-corrected chi connectivity index (χ4v) is 2.36. The van der Waals surface area contributed by atoms with Gasteiger partial charge >= 0.3 is 0 Å². The second-order valence-electron chi connectivity index (χ2n) is 4.60. The van der Waals surface area contributed by atoms with Crippen molar-refractivity contribution in [3.05, 3.63) is 41.2 Å². The van der Waals surface area contributed by atoms with Crippen LogP contribution < -0.4 is 5.32 Å². The Labute approximate surface area is 119 Å². The summed E-state index contributed by atoms with van der Waals surface area (Å²) in [5.74, 6) is 0. The lowest BCUT2D eigenvalue weighted by Gasteiger charge is -2.13. The summed E-state index contributed by atoms with van der Waals surface area (Å²) in [5, 5.41) is 20.9. The first-order valence-corrected chi connectivity index (χ1v) is 6.87. The standard InChI is InChI=1S/C15H19N5/c1-4-13(17-3)15-14(5-2)20(19-18-15)12-8-6-7-11(9-12)10-16/h6-9,13,17H,4-5H2,1-3H3. The number of hydrogen-bond acceptors (Lipinski definition) is 4. The second-order valence-corrected chi connectivity index (χ2v) is 4.60. The van der Waals surface area contributed by atoms with Gasteiger partial charge < -0.3 is 5.32 Å². The third-order valence-electron chi connectivity index (χ3n) is 3.43. The van der Waals surface area contributed by atoms with Crippen LogP contribution in [0.25, 0.3) is 5.69 Å². The third-order valence-corrected chi connectivity index (χ3v) is 3.43. The quantitative estimate of drug-likeness (QED) is 0.905. The van der Waals surface area contributed by atoms with Gasteiger partial charge in [0.15, 0.2) is 0 Å². The van der Waals surface area contributed by atoms with Crippen LogP contribution in [-0.4, -0.2) is 22.0 Å². The molecular weight excluding hydrogens is 250 g/mol. The Morgan fingerprint density at radius 2 is 2.20 bits per heavy atom. The fraction of sp³-hybridized carbons (Fsp3) is 0.400. The molecule has 0 aliphatic carbocycles. The monoisotopic (exact) mass is 269 g/mol. The lowest BCUT2D eigenvalue weighted by molar-refractivity contribution is 0.555. The molecule has 1 heterocycles. The molecular formula is C15H19N5. The molecule has 0 amide bonds. The minimum Gasteiger partial charge on any atom is -0.312 e. The van der Waals surface area contributed by atoms with Gasteiger partial charge in [-0.05, 0) is 38.1 Å². The second kappa shape index (κ2) is 6.31. The van der Waals surface area contributed by atoms with Gasteiger partial charge in [-0.3, -0.25) is 0 Å². The summed E-state index contributed by atoms with van der Waals surface area (Å²) in [4.78, 5) is 0. The van der Waals surface area contributed by atoms with Crippen LogP contribution in [0.2, 0.25) is 0 Å². The van der Waals surface area contributed by atoms with E-state index in [1.165, 1.54) is 0 Å². The predicted octanol–water partition coefficient (Wildman–Crippen LogP) is 2.37. The highest BCUT2D eigenvalue weighted by Gasteiger charge is 2.19. The molecule has 5 nitrogen and oxygen atoms in total. The zero-order valence-corrected chi connectivity index (χ0v) is 12.1. The molecule has 1 aromatic heterocycles. The summed E-state index contributed by atoms with van der Waals surface area (Å²) in [6.07, 6.45) is 1.80. The Morgan fingerprint density at radius 1 is 1.40 bits per heavy atom. The molecule has 0 saturated heterocycles. The molecule has 0 bridgehead atoms. The van der Waals surface area contributed by atoms with E-state index >= 15 is 0 Å². The Kier molecular flexibility index (Phi) is 4.49. The highest BCUT2D eigenvalue weighted by Crippen LogP contribution is 2.21. The van der Waals surface area contributed by atoms with E-state index < -0.39 is 0 Å². The van der Waals surface area contributed by atoms with Crippen molar-refractivity contribution in [3.8, 4) is 11.8 Å². The SMILES string of the molecule is CCc1c(C(CC)NC)nnn1-c1cccc(C#N)c1. The number of nitriles is 1. The number of rotatable bonds is 5. The number of nitrogens with one attached hydrogen (secondary N) is 1. The first-order valence-electron chi connectivity index (χ1n) is 6.87. The van der Waals surface area contributed by atoms with Gasteiger partial charge in [0.1, 0.15) is 5.69 Å². The molecule has 0 spiro atoms. The number of benzene rings is 1. The molecule has 104 valence electrons. The van der Waals surface area contributed by atoms with Gasteiger partial charge in [0.2, 0.25) is 0 Å².